The minimum atomic E-state index is 0.487. The largest absolute Gasteiger partial charge is 0.384 e. The Hall–Kier alpha value is -0.780. The monoisotopic (exact) mass is 258 g/mol. The van der Waals surface area contributed by atoms with Gasteiger partial charge < -0.3 is 14.2 Å². The number of hydrogen-bond donors (Lipinski definition) is 0. The normalized spacial score (nSPS) is 13.1. The van der Waals surface area contributed by atoms with E-state index in [4.69, 9.17) is 14.2 Å². The van der Waals surface area contributed by atoms with Crippen molar-refractivity contribution in [2.45, 2.75) is 32.6 Å². The van der Waals surface area contributed by atoms with Gasteiger partial charge in [0.05, 0.1) is 31.2 Å². The van der Waals surface area contributed by atoms with Crippen LogP contribution in [0.25, 0.3) is 0 Å². The lowest BCUT2D eigenvalue weighted by Gasteiger charge is -2.05. The molecule has 0 saturated carbocycles. The summed E-state index contributed by atoms with van der Waals surface area (Å²) in [7, 11) is 5.00. The quantitative estimate of drug-likeness (QED) is 0.422. The van der Waals surface area contributed by atoms with Crippen LogP contribution in [-0.2, 0) is 14.2 Å². The third-order valence-corrected chi connectivity index (χ3v) is 2.37. The topological polar surface area (TPSA) is 52.4 Å². The van der Waals surface area contributed by atoms with Gasteiger partial charge in [0, 0.05) is 27.8 Å². The highest BCUT2D eigenvalue weighted by Crippen LogP contribution is 2.00. The van der Waals surface area contributed by atoms with Crippen molar-refractivity contribution < 1.29 is 14.2 Å². The predicted octanol–water partition coefficient (Wildman–Crippen LogP) is 2.30. The van der Waals surface area contributed by atoms with Gasteiger partial charge in [0.25, 0.3) is 0 Å². The summed E-state index contributed by atoms with van der Waals surface area (Å²) in [6.45, 7) is 3.81. The van der Waals surface area contributed by atoms with Gasteiger partial charge >= 0.3 is 0 Å². The molecule has 0 radical (unpaired) electrons. The van der Waals surface area contributed by atoms with E-state index in [2.05, 4.69) is 17.1 Å². The van der Waals surface area contributed by atoms with Gasteiger partial charge in [0.1, 0.15) is 0 Å². The molecule has 18 heavy (non-hydrogen) atoms. The summed E-state index contributed by atoms with van der Waals surface area (Å²) < 4.78 is 15.2. The molecule has 0 spiro atoms. The summed E-state index contributed by atoms with van der Waals surface area (Å²) in [5.41, 5.74) is 1.87. The molecule has 0 aromatic heterocycles. The number of hydrogen-bond acceptors (Lipinski definition) is 5. The molecule has 0 N–H and O–H groups in total. The van der Waals surface area contributed by atoms with Crippen LogP contribution in [0.1, 0.15) is 32.6 Å². The zero-order chi connectivity index (χ0) is 13.6. The molecule has 5 nitrogen and oxygen atoms in total. The minimum absolute atomic E-state index is 0.487. The number of methoxy groups -OCH3 is 3. The van der Waals surface area contributed by atoms with Gasteiger partial charge in [-0.25, -0.2) is 0 Å². The fourth-order valence-corrected chi connectivity index (χ4v) is 1.38. The number of rotatable bonds is 11. The first-order valence-electron chi connectivity index (χ1n) is 6.36. The fourth-order valence-electron chi connectivity index (χ4n) is 1.38. The molecule has 0 saturated heterocycles. The van der Waals surface area contributed by atoms with Crippen molar-refractivity contribution >= 4 is 11.4 Å². The average Bonchev–Trinajstić information content (AvgIpc) is 2.38. The molecule has 0 aliphatic rings. The summed E-state index contributed by atoms with van der Waals surface area (Å²) >= 11 is 0. The maximum atomic E-state index is 5.12. The van der Waals surface area contributed by atoms with Crippen molar-refractivity contribution in [1.29, 1.82) is 0 Å². The molecule has 0 aromatic rings. The molecule has 0 aliphatic heterocycles. The van der Waals surface area contributed by atoms with Crippen molar-refractivity contribution in [3.63, 3.8) is 0 Å². The molecule has 0 bridgehead atoms. The van der Waals surface area contributed by atoms with Gasteiger partial charge in [-0.3, -0.25) is 0 Å². The molecule has 0 amide bonds. The molecular formula is C13H26N2O3. The second-order valence-electron chi connectivity index (χ2n) is 4.04. The first-order valence-corrected chi connectivity index (χ1v) is 6.36. The Kier molecular flexibility index (Phi) is 12.1. The van der Waals surface area contributed by atoms with E-state index in [1.54, 1.807) is 21.3 Å². The Morgan fingerprint density at radius 2 is 1.39 bits per heavy atom. The smallest absolute Gasteiger partial charge is 0.0864 e. The third-order valence-electron chi connectivity index (χ3n) is 2.37. The zero-order valence-corrected chi connectivity index (χ0v) is 12.1. The molecule has 0 aliphatic carbocycles. The van der Waals surface area contributed by atoms with Crippen LogP contribution in [0.2, 0.25) is 0 Å². The van der Waals surface area contributed by atoms with Gasteiger partial charge in [0.15, 0.2) is 0 Å². The lowest BCUT2D eigenvalue weighted by molar-refractivity contribution is 0.201. The van der Waals surface area contributed by atoms with Gasteiger partial charge in [-0.2, -0.15) is 10.2 Å². The molecule has 0 fully saturated rings. The molecule has 0 rings (SSSR count). The lowest BCUT2D eigenvalue weighted by atomic mass is 10.2. The van der Waals surface area contributed by atoms with Crippen LogP contribution in [0.3, 0.4) is 0 Å². The number of nitrogens with zero attached hydrogens (tertiary/aromatic N) is 2. The van der Waals surface area contributed by atoms with Crippen molar-refractivity contribution in [3.05, 3.63) is 0 Å². The molecule has 0 unspecified atom stereocenters. The van der Waals surface area contributed by atoms with Crippen LogP contribution in [-0.4, -0.2) is 52.6 Å². The summed E-state index contributed by atoms with van der Waals surface area (Å²) in [5, 5.41) is 8.51. The van der Waals surface area contributed by atoms with E-state index in [1.807, 2.05) is 0 Å². The molecule has 106 valence electrons. The van der Waals surface area contributed by atoms with Crippen LogP contribution >= 0.6 is 0 Å². The first kappa shape index (κ1) is 17.2. The van der Waals surface area contributed by atoms with Crippen molar-refractivity contribution in [3.8, 4) is 0 Å². The summed E-state index contributed by atoms with van der Waals surface area (Å²) in [6.07, 6.45) is 3.91. The molecule has 0 atom stereocenters. The highest BCUT2D eigenvalue weighted by Gasteiger charge is 2.01. The van der Waals surface area contributed by atoms with Crippen LogP contribution in [0, 0.1) is 0 Å². The Labute approximate surface area is 110 Å². The minimum Gasteiger partial charge on any atom is -0.384 e. The second-order valence-corrected chi connectivity index (χ2v) is 4.04. The van der Waals surface area contributed by atoms with E-state index >= 15 is 0 Å². The van der Waals surface area contributed by atoms with Gasteiger partial charge in [-0.05, 0) is 12.8 Å². The van der Waals surface area contributed by atoms with Crippen LogP contribution in [0.4, 0.5) is 0 Å². The highest BCUT2D eigenvalue weighted by molar-refractivity contribution is 5.89. The van der Waals surface area contributed by atoms with Gasteiger partial charge in [-0.1, -0.05) is 13.3 Å². The standard InChI is InChI=1S/C13H26N2O3/c1-5-6-7-12(10-17-3)14-15-13(11-18-4)8-9-16-2/h5-11H2,1-4H3/b14-12-,15-13+. The Bertz CT molecular complexity index is 227. The van der Waals surface area contributed by atoms with E-state index in [9.17, 15) is 0 Å². The Morgan fingerprint density at radius 1 is 0.833 bits per heavy atom. The number of ether oxygens (including phenoxy) is 3. The maximum Gasteiger partial charge on any atom is 0.0864 e. The van der Waals surface area contributed by atoms with Crippen LogP contribution < -0.4 is 0 Å². The summed E-state index contributed by atoms with van der Waals surface area (Å²) in [6, 6.07) is 0. The molecule has 5 heteroatoms. The average molecular weight is 258 g/mol. The highest BCUT2D eigenvalue weighted by atomic mass is 16.5. The second kappa shape index (κ2) is 12.7. The Morgan fingerprint density at radius 3 is 1.83 bits per heavy atom. The first-order chi connectivity index (χ1) is 8.78. The van der Waals surface area contributed by atoms with E-state index in [1.165, 1.54) is 0 Å². The fraction of sp³-hybridized carbons (Fsp3) is 0.846. The zero-order valence-electron chi connectivity index (χ0n) is 12.1. The lowest BCUT2D eigenvalue weighted by Crippen LogP contribution is -2.11. The van der Waals surface area contributed by atoms with E-state index in [0.29, 0.717) is 19.8 Å². The van der Waals surface area contributed by atoms with Crippen LogP contribution in [0.15, 0.2) is 10.2 Å². The Balaban J connectivity index is 4.48. The van der Waals surface area contributed by atoms with Gasteiger partial charge in [0.2, 0.25) is 0 Å². The summed E-state index contributed by atoms with van der Waals surface area (Å²) in [4.78, 5) is 0. The molecule has 0 aromatic carbocycles. The molecular weight excluding hydrogens is 232 g/mol. The van der Waals surface area contributed by atoms with Crippen LogP contribution in [0.5, 0.6) is 0 Å². The number of unbranched alkanes of at least 4 members (excludes halogenated alkanes) is 1. The summed E-state index contributed by atoms with van der Waals surface area (Å²) in [5.74, 6) is 0. The van der Waals surface area contributed by atoms with E-state index < -0.39 is 0 Å². The van der Waals surface area contributed by atoms with E-state index in [0.717, 1.165) is 37.1 Å². The van der Waals surface area contributed by atoms with E-state index in [-0.39, 0.29) is 0 Å². The third kappa shape index (κ3) is 9.27. The van der Waals surface area contributed by atoms with Crippen molar-refractivity contribution in [1.82, 2.24) is 0 Å². The van der Waals surface area contributed by atoms with Gasteiger partial charge in [-0.15, -0.1) is 0 Å². The van der Waals surface area contributed by atoms with Crippen molar-refractivity contribution in [2.24, 2.45) is 10.2 Å². The van der Waals surface area contributed by atoms with Crippen molar-refractivity contribution in [2.75, 3.05) is 41.2 Å². The predicted molar refractivity (Wildman–Crippen MR) is 74.6 cm³/mol. The maximum absolute atomic E-state index is 5.12. The molecule has 0 heterocycles. The SMILES string of the molecule is CCCC/C(COC)=N/N=C(\CCOC)COC.